The van der Waals surface area contributed by atoms with E-state index >= 15 is 0 Å². The molecule has 1 amide bonds. The van der Waals surface area contributed by atoms with Crippen molar-refractivity contribution in [2.75, 3.05) is 12.0 Å². The normalized spacial score (nSPS) is 19.7. The van der Waals surface area contributed by atoms with Crippen LogP contribution < -0.4 is 9.64 Å². The number of halogens is 2. The second-order valence-corrected chi connectivity index (χ2v) is 7.77. The lowest BCUT2D eigenvalue weighted by molar-refractivity contribution is -0.119. The molecular formula is C22H19Cl2NO3. The summed E-state index contributed by atoms with van der Waals surface area (Å²) in [6, 6.07) is 12.6. The Hall–Kier alpha value is -2.30. The standard InChI is InChI=1S/C22H19Cl2NO3/c1-28-14-6-2-5-13(11-14)25-18-9-4-10-19(26)22(18)15(12-20(25)27)21-16(23)7-3-8-17(21)24/h2-3,5-8,11,15H,4,9-10,12H2,1H3. The summed E-state index contributed by atoms with van der Waals surface area (Å²) < 4.78 is 5.30. The first-order chi connectivity index (χ1) is 13.5. The van der Waals surface area contributed by atoms with E-state index in [0.29, 0.717) is 51.9 Å². The highest BCUT2D eigenvalue weighted by molar-refractivity contribution is 6.36. The van der Waals surface area contributed by atoms with Gasteiger partial charge in [0.15, 0.2) is 5.78 Å². The van der Waals surface area contributed by atoms with Crippen LogP contribution in [0.5, 0.6) is 5.75 Å². The smallest absolute Gasteiger partial charge is 0.232 e. The molecule has 144 valence electrons. The molecule has 1 atom stereocenters. The van der Waals surface area contributed by atoms with E-state index in [-0.39, 0.29) is 18.1 Å². The Morgan fingerprint density at radius 2 is 1.75 bits per heavy atom. The van der Waals surface area contributed by atoms with Crippen LogP contribution in [0.4, 0.5) is 5.69 Å². The minimum absolute atomic E-state index is 0.0580. The zero-order chi connectivity index (χ0) is 19.8. The first-order valence-corrected chi connectivity index (χ1v) is 9.94. The zero-order valence-electron chi connectivity index (χ0n) is 15.4. The summed E-state index contributed by atoms with van der Waals surface area (Å²) in [5.74, 6) is 0.217. The van der Waals surface area contributed by atoms with E-state index < -0.39 is 5.92 Å². The summed E-state index contributed by atoms with van der Waals surface area (Å²) in [5.41, 5.74) is 2.77. The fourth-order valence-corrected chi connectivity index (χ4v) is 4.79. The summed E-state index contributed by atoms with van der Waals surface area (Å²) in [5, 5.41) is 0.954. The number of methoxy groups -OCH3 is 1. The maximum Gasteiger partial charge on any atom is 0.232 e. The molecule has 6 heteroatoms. The lowest BCUT2D eigenvalue weighted by Crippen LogP contribution is -2.40. The molecule has 2 aromatic rings. The highest BCUT2D eigenvalue weighted by Gasteiger charge is 2.41. The lowest BCUT2D eigenvalue weighted by Gasteiger charge is -2.38. The van der Waals surface area contributed by atoms with Gasteiger partial charge in [0.2, 0.25) is 5.91 Å². The van der Waals surface area contributed by atoms with Crippen LogP contribution in [0.25, 0.3) is 0 Å². The van der Waals surface area contributed by atoms with Gasteiger partial charge in [0, 0.05) is 46.1 Å². The number of ether oxygens (including phenoxy) is 1. The summed E-state index contributed by atoms with van der Waals surface area (Å²) >= 11 is 12.8. The van der Waals surface area contributed by atoms with Crippen molar-refractivity contribution in [3.63, 3.8) is 0 Å². The monoisotopic (exact) mass is 415 g/mol. The summed E-state index contributed by atoms with van der Waals surface area (Å²) in [7, 11) is 1.58. The summed E-state index contributed by atoms with van der Waals surface area (Å²) in [4.78, 5) is 27.8. The lowest BCUT2D eigenvalue weighted by atomic mass is 9.77. The number of amides is 1. The summed E-state index contributed by atoms with van der Waals surface area (Å²) in [6.45, 7) is 0. The molecule has 0 fully saturated rings. The van der Waals surface area contributed by atoms with Gasteiger partial charge in [-0.15, -0.1) is 0 Å². The third-order valence-electron chi connectivity index (χ3n) is 5.33. The van der Waals surface area contributed by atoms with Crippen molar-refractivity contribution in [3.05, 3.63) is 69.3 Å². The van der Waals surface area contributed by atoms with Gasteiger partial charge >= 0.3 is 0 Å². The summed E-state index contributed by atoms with van der Waals surface area (Å²) in [6.07, 6.45) is 1.99. The van der Waals surface area contributed by atoms with Gasteiger partial charge < -0.3 is 4.74 Å². The van der Waals surface area contributed by atoms with Crippen LogP contribution in [0, 0.1) is 0 Å². The number of allylic oxidation sites excluding steroid dienone is 2. The Balaban J connectivity index is 1.90. The minimum atomic E-state index is -0.418. The second kappa shape index (κ2) is 7.61. The van der Waals surface area contributed by atoms with Crippen LogP contribution in [-0.4, -0.2) is 18.8 Å². The molecule has 0 bridgehead atoms. The molecule has 2 aromatic carbocycles. The quantitative estimate of drug-likeness (QED) is 0.661. The number of nitrogens with zero attached hydrogens (tertiary/aromatic N) is 1. The molecule has 1 aliphatic heterocycles. The van der Waals surface area contributed by atoms with Gasteiger partial charge in [0.05, 0.1) is 12.8 Å². The molecule has 0 N–H and O–H groups in total. The second-order valence-electron chi connectivity index (χ2n) is 6.96. The van der Waals surface area contributed by atoms with Crippen molar-refractivity contribution < 1.29 is 14.3 Å². The maximum atomic E-state index is 13.2. The van der Waals surface area contributed by atoms with Crippen molar-refractivity contribution >= 4 is 40.6 Å². The van der Waals surface area contributed by atoms with E-state index in [1.54, 1.807) is 30.2 Å². The molecular weight excluding hydrogens is 397 g/mol. The van der Waals surface area contributed by atoms with Crippen molar-refractivity contribution in [3.8, 4) is 5.75 Å². The first-order valence-electron chi connectivity index (χ1n) is 9.18. The molecule has 4 nitrogen and oxygen atoms in total. The van der Waals surface area contributed by atoms with Gasteiger partial charge in [-0.3, -0.25) is 14.5 Å². The Kier molecular flexibility index (Phi) is 5.17. The maximum absolute atomic E-state index is 13.2. The molecule has 4 rings (SSSR count). The molecule has 28 heavy (non-hydrogen) atoms. The van der Waals surface area contributed by atoms with E-state index in [1.807, 2.05) is 24.3 Å². The van der Waals surface area contributed by atoms with E-state index in [2.05, 4.69) is 0 Å². The number of ketones is 1. The van der Waals surface area contributed by atoms with Crippen LogP contribution in [0.3, 0.4) is 0 Å². The number of hydrogen-bond acceptors (Lipinski definition) is 3. The van der Waals surface area contributed by atoms with Crippen molar-refractivity contribution in [2.24, 2.45) is 0 Å². The molecule has 0 saturated heterocycles. The van der Waals surface area contributed by atoms with Gasteiger partial charge in [-0.1, -0.05) is 35.3 Å². The molecule has 0 aromatic heterocycles. The zero-order valence-corrected chi connectivity index (χ0v) is 16.9. The number of Topliss-reactive ketones (excluding diaryl/α,β-unsaturated/α-hetero) is 1. The molecule has 1 heterocycles. The average molecular weight is 416 g/mol. The largest absolute Gasteiger partial charge is 0.497 e. The van der Waals surface area contributed by atoms with Gasteiger partial charge in [0.25, 0.3) is 0 Å². The Morgan fingerprint density at radius 3 is 2.46 bits per heavy atom. The fourth-order valence-electron chi connectivity index (χ4n) is 4.13. The molecule has 0 spiro atoms. The van der Waals surface area contributed by atoms with Gasteiger partial charge in [-0.25, -0.2) is 0 Å². The number of carbonyl (C=O) groups excluding carboxylic acids is 2. The molecule has 0 saturated carbocycles. The highest BCUT2D eigenvalue weighted by atomic mass is 35.5. The molecule has 1 unspecified atom stereocenters. The third kappa shape index (κ3) is 3.21. The van der Waals surface area contributed by atoms with Gasteiger partial charge in [-0.05, 0) is 42.7 Å². The van der Waals surface area contributed by atoms with Crippen LogP contribution in [0.15, 0.2) is 53.7 Å². The number of benzene rings is 2. The number of anilines is 1. The van der Waals surface area contributed by atoms with E-state index in [1.165, 1.54) is 0 Å². The topological polar surface area (TPSA) is 46.6 Å². The predicted octanol–water partition coefficient (Wildman–Crippen LogP) is 5.53. The van der Waals surface area contributed by atoms with Crippen LogP contribution in [0.1, 0.15) is 37.2 Å². The van der Waals surface area contributed by atoms with Gasteiger partial charge in [-0.2, -0.15) is 0 Å². The van der Waals surface area contributed by atoms with E-state index in [0.717, 1.165) is 5.70 Å². The Bertz CT molecular complexity index is 979. The Labute approximate surface area is 173 Å². The minimum Gasteiger partial charge on any atom is -0.497 e. The average Bonchev–Trinajstić information content (AvgIpc) is 2.68. The van der Waals surface area contributed by atoms with E-state index in [4.69, 9.17) is 27.9 Å². The highest BCUT2D eigenvalue weighted by Crippen LogP contribution is 2.47. The predicted molar refractivity (Wildman–Crippen MR) is 110 cm³/mol. The molecule has 2 aliphatic rings. The fraction of sp³-hybridized carbons (Fsp3) is 0.273. The number of hydrogen-bond donors (Lipinski definition) is 0. The van der Waals surface area contributed by atoms with Crippen LogP contribution in [-0.2, 0) is 9.59 Å². The third-order valence-corrected chi connectivity index (χ3v) is 5.99. The van der Waals surface area contributed by atoms with Crippen molar-refractivity contribution in [1.82, 2.24) is 0 Å². The van der Waals surface area contributed by atoms with Crippen LogP contribution >= 0.6 is 23.2 Å². The molecule has 1 aliphatic carbocycles. The van der Waals surface area contributed by atoms with Crippen molar-refractivity contribution in [2.45, 2.75) is 31.6 Å². The van der Waals surface area contributed by atoms with Gasteiger partial charge in [0.1, 0.15) is 5.75 Å². The first kappa shape index (κ1) is 19.0. The number of carbonyl (C=O) groups is 2. The van der Waals surface area contributed by atoms with E-state index in [9.17, 15) is 9.59 Å². The molecule has 0 radical (unpaired) electrons. The van der Waals surface area contributed by atoms with Crippen LogP contribution in [0.2, 0.25) is 10.0 Å². The SMILES string of the molecule is COc1cccc(N2C(=O)CC(c3c(Cl)cccc3Cl)C3=C2CCCC3=O)c1. The number of rotatable bonds is 3. The van der Waals surface area contributed by atoms with Crippen molar-refractivity contribution in [1.29, 1.82) is 0 Å². The Morgan fingerprint density at radius 1 is 1.04 bits per heavy atom.